The van der Waals surface area contributed by atoms with Gasteiger partial charge in [-0.15, -0.1) is 11.3 Å². The van der Waals surface area contributed by atoms with Crippen molar-refractivity contribution in [2.45, 2.75) is 50.5 Å². The van der Waals surface area contributed by atoms with Crippen LogP contribution in [0.15, 0.2) is 35.6 Å². The van der Waals surface area contributed by atoms with Crippen LogP contribution in [0.3, 0.4) is 0 Å². The van der Waals surface area contributed by atoms with Crippen molar-refractivity contribution < 1.29 is 9.53 Å². The van der Waals surface area contributed by atoms with E-state index in [0.29, 0.717) is 11.4 Å². The van der Waals surface area contributed by atoms with Gasteiger partial charge in [0.1, 0.15) is 21.9 Å². The van der Waals surface area contributed by atoms with Gasteiger partial charge >= 0.3 is 0 Å². The molecule has 0 atom stereocenters. The van der Waals surface area contributed by atoms with Gasteiger partial charge in [-0.2, -0.15) is 0 Å². The molecular weight excluding hydrogens is 452 g/mol. The number of fused-ring (bicyclic) bond motifs is 5. The molecule has 0 fully saturated rings. The molecular formula is C25H26N4O2S2. The van der Waals surface area contributed by atoms with Gasteiger partial charge in [-0.1, -0.05) is 37.2 Å². The zero-order chi connectivity index (χ0) is 22.8. The van der Waals surface area contributed by atoms with Crippen LogP contribution in [-0.4, -0.2) is 33.7 Å². The zero-order valence-electron chi connectivity index (χ0n) is 18.8. The van der Waals surface area contributed by atoms with Gasteiger partial charge in [0.05, 0.1) is 28.8 Å². The van der Waals surface area contributed by atoms with Crippen molar-refractivity contribution in [1.29, 1.82) is 0 Å². The van der Waals surface area contributed by atoms with Crippen LogP contribution in [0, 0.1) is 0 Å². The van der Waals surface area contributed by atoms with E-state index in [-0.39, 0.29) is 11.7 Å². The van der Waals surface area contributed by atoms with E-state index < -0.39 is 0 Å². The molecule has 1 amide bonds. The van der Waals surface area contributed by atoms with Crippen LogP contribution in [0.2, 0.25) is 0 Å². The number of nitrogens with zero attached hydrogens (tertiary/aromatic N) is 3. The van der Waals surface area contributed by atoms with Crippen LogP contribution >= 0.6 is 23.1 Å². The van der Waals surface area contributed by atoms with Gasteiger partial charge in [0.25, 0.3) is 0 Å². The number of hydrogen-bond acceptors (Lipinski definition) is 7. The van der Waals surface area contributed by atoms with Crippen molar-refractivity contribution in [2.75, 3.05) is 18.2 Å². The third-order valence-electron chi connectivity index (χ3n) is 6.01. The van der Waals surface area contributed by atoms with E-state index in [1.807, 2.05) is 24.3 Å². The van der Waals surface area contributed by atoms with Gasteiger partial charge in [-0.05, 0) is 55.4 Å². The number of thioether (sulfide) groups is 1. The smallest absolute Gasteiger partial charge is 0.234 e. The third kappa shape index (κ3) is 4.29. The Kier molecular flexibility index (Phi) is 6.46. The van der Waals surface area contributed by atoms with E-state index >= 15 is 0 Å². The zero-order valence-corrected chi connectivity index (χ0v) is 20.4. The highest BCUT2D eigenvalue weighted by molar-refractivity contribution is 8.00. The fourth-order valence-corrected chi connectivity index (χ4v) is 6.53. The highest BCUT2D eigenvalue weighted by Crippen LogP contribution is 2.42. The van der Waals surface area contributed by atoms with E-state index in [1.165, 1.54) is 46.8 Å². The number of benzene rings is 1. The number of carbonyl (C=O) groups excluding carboxylic acids is 1. The maximum Gasteiger partial charge on any atom is 0.234 e. The Morgan fingerprint density at radius 2 is 2.06 bits per heavy atom. The lowest BCUT2D eigenvalue weighted by Crippen LogP contribution is -2.14. The van der Waals surface area contributed by atoms with E-state index in [1.54, 1.807) is 24.8 Å². The lowest BCUT2D eigenvalue weighted by atomic mass is 10.0. The molecule has 1 aliphatic carbocycles. The average molecular weight is 479 g/mol. The van der Waals surface area contributed by atoms with Crippen molar-refractivity contribution in [3.8, 4) is 5.75 Å². The molecule has 8 heteroatoms. The molecule has 0 saturated carbocycles. The van der Waals surface area contributed by atoms with E-state index in [9.17, 15) is 4.79 Å². The Balaban J connectivity index is 1.43. The molecule has 0 unspecified atom stereocenters. The number of methoxy groups -OCH3 is 1. The molecule has 3 heterocycles. The number of ether oxygens (including phenoxy) is 1. The number of nitrogens with one attached hydrogen (secondary N) is 1. The quantitative estimate of drug-likeness (QED) is 0.254. The summed E-state index contributed by atoms with van der Waals surface area (Å²) in [5.74, 6) is 0.799. The number of pyridine rings is 1. The van der Waals surface area contributed by atoms with Gasteiger partial charge in [0.15, 0.2) is 0 Å². The first-order chi connectivity index (χ1) is 16.2. The fraction of sp³-hybridized carbons (Fsp3) is 0.360. The lowest BCUT2D eigenvalue weighted by Gasteiger charge is -2.09. The molecule has 4 aromatic rings. The van der Waals surface area contributed by atoms with Crippen molar-refractivity contribution in [3.05, 3.63) is 47.4 Å². The van der Waals surface area contributed by atoms with Crippen LogP contribution in [0.4, 0.5) is 5.69 Å². The molecule has 33 heavy (non-hydrogen) atoms. The molecule has 1 N–H and O–H groups in total. The first-order valence-corrected chi connectivity index (χ1v) is 13.1. The van der Waals surface area contributed by atoms with E-state index in [4.69, 9.17) is 9.72 Å². The number of anilines is 1. The van der Waals surface area contributed by atoms with Gasteiger partial charge in [0, 0.05) is 11.1 Å². The SMILES string of the molecule is CCCCc1nc2sc3c(SCC(=O)Nc4ccccc4OC)ncnc3c2c2c1CCC2. The summed E-state index contributed by atoms with van der Waals surface area (Å²) in [4.78, 5) is 27.9. The van der Waals surface area contributed by atoms with Gasteiger partial charge in [-0.3, -0.25) is 4.79 Å². The second-order valence-corrected chi connectivity index (χ2v) is 10.1. The molecule has 1 aromatic carbocycles. The summed E-state index contributed by atoms with van der Waals surface area (Å²) in [7, 11) is 1.59. The highest BCUT2D eigenvalue weighted by Gasteiger charge is 2.24. The summed E-state index contributed by atoms with van der Waals surface area (Å²) >= 11 is 3.09. The summed E-state index contributed by atoms with van der Waals surface area (Å²) in [5, 5.41) is 4.96. The summed E-state index contributed by atoms with van der Waals surface area (Å²) in [6.07, 6.45) is 8.38. The van der Waals surface area contributed by atoms with Crippen LogP contribution in [0.1, 0.15) is 43.0 Å². The highest BCUT2D eigenvalue weighted by atomic mass is 32.2. The van der Waals surface area contributed by atoms with Crippen molar-refractivity contribution in [1.82, 2.24) is 15.0 Å². The number of para-hydroxylation sites is 2. The van der Waals surface area contributed by atoms with Gasteiger partial charge in [0.2, 0.25) is 5.91 Å². The number of aromatic nitrogens is 3. The Morgan fingerprint density at radius 1 is 1.21 bits per heavy atom. The topological polar surface area (TPSA) is 77.0 Å². The number of thiophene rings is 1. The first-order valence-electron chi connectivity index (χ1n) is 11.3. The minimum absolute atomic E-state index is 0.0989. The van der Waals surface area contributed by atoms with E-state index in [2.05, 4.69) is 22.2 Å². The Morgan fingerprint density at radius 3 is 2.91 bits per heavy atom. The molecule has 1 aliphatic rings. The number of carbonyl (C=O) groups is 1. The molecule has 3 aromatic heterocycles. The second kappa shape index (κ2) is 9.65. The van der Waals surface area contributed by atoms with Crippen molar-refractivity contribution >= 4 is 55.1 Å². The second-order valence-electron chi connectivity index (χ2n) is 8.15. The maximum absolute atomic E-state index is 12.6. The summed E-state index contributed by atoms with van der Waals surface area (Å²) < 4.78 is 6.35. The van der Waals surface area contributed by atoms with Crippen LogP contribution in [0.25, 0.3) is 20.4 Å². The summed E-state index contributed by atoms with van der Waals surface area (Å²) in [5.41, 5.74) is 5.78. The van der Waals surface area contributed by atoms with Crippen molar-refractivity contribution in [3.63, 3.8) is 0 Å². The number of unbranched alkanes of at least 4 members (excludes halogenated alkanes) is 1. The van der Waals surface area contributed by atoms with E-state index in [0.717, 1.165) is 45.8 Å². The van der Waals surface area contributed by atoms with Crippen LogP contribution < -0.4 is 10.1 Å². The molecule has 0 bridgehead atoms. The third-order valence-corrected chi connectivity index (χ3v) is 8.21. The van der Waals surface area contributed by atoms with Crippen molar-refractivity contribution in [2.24, 2.45) is 0 Å². The maximum atomic E-state index is 12.6. The van der Waals surface area contributed by atoms with Crippen LogP contribution in [0.5, 0.6) is 5.75 Å². The minimum atomic E-state index is -0.0989. The molecule has 6 nitrogen and oxygen atoms in total. The van der Waals surface area contributed by atoms with Gasteiger partial charge in [-0.25, -0.2) is 15.0 Å². The number of aryl methyl sites for hydroxylation is 2. The largest absolute Gasteiger partial charge is 0.495 e. The standard InChI is InChI=1S/C25H26N4O2S2/c1-3-4-10-17-15-8-7-9-16(15)21-22-23(33-24(21)29-17)25(27-14-26-22)32-13-20(30)28-18-11-5-6-12-19(18)31-2/h5-6,11-12,14H,3-4,7-10,13H2,1-2H3,(H,28,30). The number of hydrogen-bond donors (Lipinski definition) is 1. The van der Waals surface area contributed by atoms with Crippen LogP contribution in [-0.2, 0) is 24.1 Å². The molecule has 0 radical (unpaired) electrons. The average Bonchev–Trinajstić information content (AvgIpc) is 3.46. The van der Waals surface area contributed by atoms with Gasteiger partial charge < -0.3 is 10.1 Å². The molecule has 0 saturated heterocycles. The Labute approximate surface area is 201 Å². The molecule has 170 valence electrons. The number of amides is 1. The lowest BCUT2D eigenvalue weighted by molar-refractivity contribution is -0.113. The first kappa shape index (κ1) is 22.1. The molecule has 0 spiro atoms. The normalized spacial score (nSPS) is 12.9. The predicted octanol–water partition coefficient (Wildman–Crippen LogP) is 5.81. The fourth-order valence-electron chi connectivity index (χ4n) is 4.48. The Hall–Kier alpha value is -2.71. The molecule has 0 aliphatic heterocycles. The number of rotatable bonds is 8. The minimum Gasteiger partial charge on any atom is -0.495 e. The monoisotopic (exact) mass is 478 g/mol. The predicted molar refractivity (Wildman–Crippen MR) is 136 cm³/mol. The Bertz CT molecular complexity index is 1340. The molecule has 5 rings (SSSR count). The summed E-state index contributed by atoms with van der Waals surface area (Å²) in [6.45, 7) is 2.22. The summed E-state index contributed by atoms with van der Waals surface area (Å²) in [6, 6.07) is 7.41.